The highest BCUT2D eigenvalue weighted by Crippen LogP contribution is 2.25. The fourth-order valence-corrected chi connectivity index (χ4v) is 3.10. The number of anilines is 2. The van der Waals surface area contributed by atoms with E-state index in [4.69, 9.17) is 4.74 Å². The van der Waals surface area contributed by atoms with Crippen LogP contribution in [0.2, 0.25) is 0 Å². The van der Waals surface area contributed by atoms with Gasteiger partial charge in [0.2, 0.25) is 0 Å². The van der Waals surface area contributed by atoms with Crippen LogP contribution in [0.4, 0.5) is 16.2 Å². The molecule has 0 aromatic heterocycles. The average Bonchev–Trinajstić information content (AvgIpc) is 3.07. The number of nitrogens with zero attached hydrogens (tertiary/aromatic N) is 1. The van der Waals surface area contributed by atoms with Crippen molar-refractivity contribution in [3.63, 3.8) is 0 Å². The standard InChI is InChI=1S/C24H19N3O4/c28-22(25-18-10-3-1-4-11-18)16-31-21-14-8-7-9-17(21)15-20-23(29)27(24(30)26-20)19-12-5-2-6-13-19/h1-15H,16H2,(H,25,28)(H,26,30). The van der Waals surface area contributed by atoms with Crippen molar-refractivity contribution < 1.29 is 19.1 Å². The summed E-state index contributed by atoms with van der Waals surface area (Å²) in [5.41, 5.74) is 1.84. The van der Waals surface area contributed by atoms with Gasteiger partial charge in [0, 0.05) is 11.3 Å². The van der Waals surface area contributed by atoms with Crippen LogP contribution in [0.1, 0.15) is 5.56 Å². The van der Waals surface area contributed by atoms with Gasteiger partial charge in [-0.2, -0.15) is 0 Å². The van der Waals surface area contributed by atoms with Gasteiger partial charge in [-0.1, -0.05) is 54.6 Å². The monoisotopic (exact) mass is 413 g/mol. The Hall–Kier alpha value is -4.39. The number of carbonyl (C=O) groups is 3. The second kappa shape index (κ2) is 8.96. The van der Waals surface area contributed by atoms with Crippen LogP contribution in [-0.4, -0.2) is 24.5 Å². The lowest BCUT2D eigenvalue weighted by atomic mass is 10.1. The number of rotatable bonds is 6. The number of para-hydroxylation sites is 3. The molecule has 0 saturated carbocycles. The van der Waals surface area contributed by atoms with Gasteiger partial charge in [-0.25, -0.2) is 9.69 Å². The first-order chi connectivity index (χ1) is 15.1. The first-order valence-corrected chi connectivity index (χ1v) is 9.61. The highest BCUT2D eigenvalue weighted by atomic mass is 16.5. The number of hydrogen-bond acceptors (Lipinski definition) is 4. The largest absolute Gasteiger partial charge is 0.483 e. The van der Waals surface area contributed by atoms with E-state index in [1.165, 1.54) is 6.08 Å². The molecule has 0 atom stereocenters. The Morgan fingerprint density at radius 3 is 2.29 bits per heavy atom. The fraction of sp³-hybridized carbons (Fsp3) is 0.0417. The first kappa shape index (κ1) is 19.9. The second-order valence-electron chi connectivity index (χ2n) is 6.70. The minimum Gasteiger partial charge on any atom is -0.483 e. The van der Waals surface area contributed by atoms with Gasteiger partial charge < -0.3 is 15.4 Å². The highest BCUT2D eigenvalue weighted by molar-refractivity contribution is 6.28. The molecule has 7 nitrogen and oxygen atoms in total. The van der Waals surface area contributed by atoms with Gasteiger partial charge in [0.15, 0.2) is 6.61 Å². The van der Waals surface area contributed by atoms with Crippen molar-refractivity contribution in [1.29, 1.82) is 0 Å². The van der Waals surface area contributed by atoms with Gasteiger partial charge in [0.05, 0.1) is 5.69 Å². The predicted octanol–water partition coefficient (Wildman–Crippen LogP) is 3.80. The van der Waals surface area contributed by atoms with Crippen molar-refractivity contribution in [2.45, 2.75) is 0 Å². The van der Waals surface area contributed by atoms with E-state index in [-0.39, 0.29) is 18.2 Å². The summed E-state index contributed by atoms with van der Waals surface area (Å²) in [4.78, 5) is 38.3. The number of carbonyl (C=O) groups excluding carboxylic acids is 3. The third-order valence-electron chi connectivity index (χ3n) is 4.53. The molecule has 0 bridgehead atoms. The zero-order valence-electron chi connectivity index (χ0n) is 16.4. The Bertz CT molecular complexity index is 1140. The summed E-state index contributed by atoms with van der Waals surface area (Å²) in [6.45, 7) is -0.203. The molecule has 1 aliphatic rings. The summed E-state index contributed by atoms with van der Waals surface area (Å²) < 4.78 is 5.66. The normalized spacial score (nSPS) is 14.5. The molecule has 0 aliphatic carbocycles. The lowest BCUT2D eigenvalue weighted by molar-refractivity contribution is -0.118. The van der Waals surface area contributed by atoms with Crippen molar-refractivity contribution >= 4 is 35.3 Å². The third-order valence-corrected chi connectivity index (χ3v) is 4.53. The molecule has 1 heterocycles. The van der Waals surface area contributed by atoms with Crippen molar-refractivity contribution in [2.75, 3.05) is 16.8 Å². The van der Waals surface area contributed by atoms with Crippen LogP contribution in [0.3, 0.4) is 0 Å². The molecule has 154 valence electrons. The number of urea groups is 1. The highest BCUT2D eigenvalue weighted by Gasteiger charge is 2.34. The van der Waals surface area contributed by atoms with Crippen molar-refractivity contribution in [3.8, 4) is 5.75 Å². The van der Waals surface area contributed by atoms with Gasteiger partial charge in [0.1, 0.15) is 11.4 Å². The third kappa shape index (κ3) is 4.62. The molecule has 0 unspecified atom stereocenters. The Morgan fingerprint density at radius 1 is 0.903 bits per heavy atom. The van der Waals surface area contributed by atoms with E-state index in [9.17, 15) is 14.4 Å². The molecule has 4 amide bonds. The summed E-state index contributed by atoms with van der Waals surface area (Å²) in [5.74, 6) is -0.361. The SMILES string of the molecule is O=C(COc1ccccc1C=C1NC(=O)N(c2ccccc2)C1=O)Nc1ccccc1. The fourth-order valence-electron chi connectivity index (χ4n) is 3.10. The molecule has 1 aliphatic heterocycles. The Labute approximate surface area is 178 Å². The van der Waals surface area contributed by atoms with E-state index in [0.717, 1.165) is 4.90 Å². The van der Waals surface area contributed by atoms with Crippen molar-refractivity contribution in [2.24, 2.45) is 0 Å². The van der Waals surface area contributed by atoms with E-state index in [0.29, 0.717) is 22.7 Å². The molecule has 2 N–H and O–H groups in total. The molecule has 7 heteroatoms. The lowest BCUT2D eigenvalue weighted by Crippen LogP contribution is -2.30. The van der Waals surface area contributed by atoms with Crippen molar-refractivity contribution in [1.82, 2.24) is 5.32 Å². The van der Waals surface area contributed by atoms with Crippen LogP contribution in [0.15, 0.2) is 90.6 Å². The Morgan fingerprint density at radius 2 is 1.55 bits per heavy atom. The van der Waals surface area contributed by atoms with Gasteiger partial charge in [-0.15, -0.1) is 0 Å². The van der Waals surface area contributed by atoms with Crippen LogP contribution in [0.25, 0.3) is 6.08 Å². The van der Waals surface area contributed by atoms with Gasteiger partial charge >= 0.3 is 6.03 Å². The second-order valence-corrected chi connectivity index (χ2v) is 6.70. The summed E-state index contributed by atoms with van der Waals surface area (Å²) in [6, 6.07) is 24.2. The zero-order valence-corrected chi connectivity index (χ0v) is 16.4. The number of imide groups is 1. The van der Waals surface area contributed by atoms with Crippen LogP contribution < -0.4 is 20.3 Å². The molecule has 3 aromatic carbocycles. The minimum absolute atomic E-state index is 0.124. The Kier molecular flexibility index (Phi) is 5.75. The summed E-state index contributed by atoms with van der Waals surface area (Å²) in [5, 5.41) is 5.33. The zero-order chi connectivity index (χ0) is 21.6. The molecule has 31 heavy (non-hydrogen) atoms. The molecule has 0 radical (unpaired) electrons. The van der Waals surface area contributed by atoms with Crippen molar-refractivity contribution in [3.05, 3.63) is 96.2 Å². The maximum atomic E-state index is 12.8. The first-order valence-electron chi connectivity index (χ1n) is 9.61. The molecular weight excluding hydrogens is 394 g/mol. The van der Waals surface area contributed by atoms with E-state index >= 15 is 0 Å². The molecular formula is C24H19N3O4. The lowest BCUT2D eigenvalue weighted by Gasteiger charge is -2.11. The molecule has 1 saturated heterocycles. The van der Waals surface area contributed by atoms with Gasteiger partial charge in [0.25, 0.3) is 11.8 Å². The molecule has 3 aromatic rings. The quantitative estimate of drug-likeness (QED) is 0.475. The number of benzene rings is 3. The topological polar surface area (TPSA) is 87.7 Å². The number of amides is 4. The Balaban J connectivity index is 1.48. The van der Waals surface area contributed by atoms with Crippen LogP contribution in [0, 0.1) is 0 Å². The maximum absolute atomic E-state index is 12.8. The average molecular weight is 413 g/mol. The molecule has 4 rings (SSSR count). The number of hydrogen-bond donors (Lipinski definition) is 2. The maximum Gasteiger partial charge on any atom is 0.333 e. The predicted molar refractivity (Wildman–Crippen MR) is 117 cm³/mol. The summed E-state index contributed by atoms with van der Waals surface area (Å²) in [7, 11) is 0. The van der Waals surface area contributed by atoms with Gasteiger partial charge in [-0.3, -0.25) is 9.59 Å². The number of ether oxygens (including phenoxy) is 1. The smallest absolute Gasteiger partial charge is 0.333 e. The molecule has 0 spiro atoms. The summed E-state index contributed by atoms with van der Waals surface area (Å²) >= 11 is 0. The van der Waals surface area contributed by atoms with E-state index in [1.807, 2.05) is 18.2 Å². The summed E-state index contributed by atoms with van der Waals surface area (Å²) in [6.07, 6.45) is 1.54. The van der Waals surface area contributed by atoms with Crippen LogP contribution in [-0.2, 0) is 9.59 Å². The van der Waals surface area contributed by atoms with E-state index in [2.05, 4.69) is 10.6 Å². The van der Waals surface area contributed by atoms with Gasteiger partial charge in [-0.05, 0) is 36.4 Å². The number of nitrogens with one attached hydrogen (secondary N) is 2. The molecule has 1 fully saturated rings. The van der Waals surface area contributed by atoms with E-state index in [1.54, 1.807) is 66.7 Å². The minimum atomic E-state index is -0.525. The van der Waals surface area contributed by atoms with Crippen LogP contribution >= 0.6 is 0 Å². The van der Waals surface area contributed by atoms with E-state index < -0.39 is 11.9 Å². The van der Waals surface area contributed by atoms with Crippen LogP contribution in [0.5, 0.6) is 5.75 Å².